The second-order valence-electron chi connectivity index (χ2n) is 8.13. The van der Waals surface area contributed by atoms with Crippen LogP contribution < -0.4 is 5.32 Å². The number of aromatic nitrogens is 1. The van der Waals surface area contributed by atoms with Crippen molar-refractivity contribution in [2.24, 2.45) is 0 Å². The first-order chi connectivity index (χ1) is 17.4. The number of benzene rings is 1. The van der Waals surface area contributed by atoms with Gasteiger partial charge in [-0.05, 0) is 53.4 Å². The van der Waals surface area contributed by atoms with Crippen molar-refractivity contribution in [3.63, 3.8) is 0 Å². The standard InChI is InChI=1S/C26H26N4O5S/c1-3-29-25(32)23(28-20-13-27-11-9-17(20)2)22(26(33)34)24(19-10-12-36-16-19)30(29)14-21(31)35-15-18-7-5-4-6-8-18/h4-13,16,24,28H,3,14-15H2,1-2H3,(H,33,34). The minimum atomic E-state index is -1.26. The van der Waals surface area contributed by atoms with Gasteiger partial charge in [0.1, 0.15) is 18.8 Å². The summed E-state index contributed by atoms with van der Waals surface area (Å²) in [7, 11) is 0. The average Bonchev–Trinajstić information content (AvgIpc) is 3.40. The molecule has 0 saturated heterocycles. The molecule has 4 rings (SSSR count). The lowest BCUT2D eigenvalue weighted by Gasteiger charge is -2.43. The van der Waals surface area contributed by atoms with Gasteiger partial charge in [-0.2, -0.15) is 16.3 Å². The van der Waals surface area contributed by atoms with Gasteiger partial charge in [-0.15, -0.1) is 0 Å². The van der Waals surface area contributed by atoms with Crippen LogP contribution in [-0.4, -0.2) is 51.0 Å². The number of carbonyl (C=O) groups excluding carboxylic acids is 2. The van der Waals surface area contributed by atoms with Crippen LogP contribution in [0.1, 0.15) is 29.7 Å². The Balaban J connectivity index is 1.72. The minimum Gasteiger partial charge on any atom is -0.478 e. The molecule has 0 saturated carbocycles. The molecule has 0 bridgehead atoms. The Labute approximate surface area is 212 Å². The predicted molar refractivity (Wildman–Crippen MR) is 135 cm³/mol. The second kappa shape index (κ2) is 11.1. The highest BCUT2D eigenvalue weighted by Gasteiger charge is 2.44. The number of amides is 1. The van der Waals surface area contributed by atoms with Crippen molar-refractivity contribution >= 4 is 34.9 Å². The van der Waals surface area contributed by atoms with E-state index in [1.807, 2.05) is 48.0 Å². The number of carboxylic acids is 1. The van der Waals surface area contributed by atoms with Crippen LogP contribution in [0.15, 0.2) is 76.9 Å². The first-order valence-corrected chi connectivity index (χ1v) is 12.3. The Morgan fingerprint density at radius 3 is 2.61 bits per heavy atom. The smallest absolute Gasteiger partial charge is 0.335 e. The first kappa shape index (κ1) is 25.1. The highest BCUT2D eigenvalue weighted by molar-refractivity contribution is 7.08. The number of rotatable bonds is 9. The number of nitrogens with zero attached hydrogens (tertiary/aromatic N) is 3. The molecule has 1 aliphatic heterocycles. The van der Waals surface area contributed by atoms with Crippen LogP contribution in [0.5, 0.6) is 0 Å². The third-order valence-electron chi connectivity index (χ3n) is 5.82. The number of hydrazine groups is 1. The SMILES string of the molecule is CCN1C(=O)C(Nc2cnccc2C)=C(C(=O)O)C(c2ccsc2)N1CC(=O)OCc1ccccc1. The zero-order valence-electron chi connectivity index (χ0n) is 19.9. The second-order valence-corrected chi connectivity index (χ2v) is 8.91. The Bertz CT molecular complexity index is 1280. The highest BCUT2D eigenvalue weighted by atomic mass is 32.1. The van der Waals surface area contributed by atoms with Crippen molar-refractivity contribution in [2.75, 3.05) is 18.4 Å². The van der Waals surface area contributed by atoms with Gasteiger partial charge < -0.3 is 15.2 Å². The minimum absolute atomic E-state index is 0.0643. The zero-order valence-corrected chi connectivity index (χ0v) is 20.7. The molecule has 2 N–H and O–H groups in total. The number of aryl methyl sites for hydroxylation is 1. The van der Waals surface area contributed by atoms with Gasteiger partial charge in [-0.3, -0.25) is 19.6 Å². The number of thiophene rings is 1. The molecule has 1 unspecified atom stereocenters. The number of hydrogen-bond donors (Lipinski definition) is 2. The maximum Gasteiger partial charge on any atom is 0.335 e. The molecular formula is C26H26N4O5S. The Morgan fingerprint density at radius 1 is 1.19 bits per heavy atom. The van der Waals surface area contributed by atoms with E-state index in [0.717, 1.165) is 11.1 Å². The van der Waals surface area contributed by atoms with Gasteiger partial charge in [0, 0.05) is 12.7 Å². The molecule has 0 radical (unpaired) electrons. The number of aliphatic carboxylic acids is 1. The van der Waals surface area contributed by atoms with E-state index in [0.29, 0.717) is 11.3 Å². The van der Waals surface area contributed by atoms with Crippen LogP contribution in [0.4, 0.5) is 5.69 Å². The Morgan fingerprint density at radius 2 is 1.97 bits per heavy atom. The van der Waals surface area contributed by atoms with E-state index in [2.05, 4.69) is 10.3 Å². The van der Waals surface area contributed by atoms with Gasteiger partial charge in [0.25, 0.3) is 5.91 Å². The van der Waals surface area contributed by atoms with Crippen molar-refractivity contribution in [2.45, 2.75) is 26.5 Å². The van der Waals surface area contributed by atoms with Crippen LogP contribution >= 0.6 is 11.3 Å². The lowest BCUT2D eigenvalue weighted by Crippen LogP contribution is -2.56. The van der Waals surface area contributed by atoms with Gasteiger partial charge in [-0.25, -0.2) is 4.79 Å². The molecular weight excluding hydrogens is 480 g/mol. The van der Waals surface area contributed by atoms with E-state index in [4.69, 9.17) is 4.74 Å². The lowest BCUT2D eigenvalue weighted by atomic mass is 9.95. The van der Waals surface area contributed by atoms with Gasteiger partial charge >= 0.3 is 11.9 Å². The number of hydrogen-bond acceptors (Lipinski definition) is 8. The molecule has 9 nitrogen and oxygen atoms in total. The topological polar surface area (TPSA) is 112 Å². The molecule has 3 aromatic rings. The summed E-state index contributed by atoms with van der Waals surface area (Å²) in [5, 5.41) is 19.8. The van der Waals surface area contributed by atoms with Crippen LogP contribution in [0.25, 0.3) is 0 Å². The van der Waals surface area contributed by atoms with Crippen molar-refractivity contribution in [3.05, 3.63) is 93.6 Å². The molecule has 1 aliphatic rings. The molecule has 1 aromatic carbocycles. The fourth-order valence-electron chi connectivity index (χ4n) is 4.05. The van der Waals surface area contributed by atoms with E-state index in [9.17, 15) is 19.5 Å². The molecule has 186 valence electrons. The van der Waals surface area contributed by atoms with Crippen LogP contribution in [-0.2, 0) is 25.7 Å². The van der Waals surface area contributed by atoms with Crippen LogP contribution in [0.3, 0.4) is 0 Å². The van der Waals surface area contributed by atoms with Crippen LogP contribution in [0, 0.1) is 6.92 Å². The number of likely N-dealkylation sites (N-methyl/N-ethyl adjacent to an activating group) is 1. The summed E-state index contributed by atoms with van der Waals surface area (Å²) < 4.78 is 5.46. The maximum absolute atomic E-state index is 13.6. The van der Waals surface area contributed by atoms with E-state index in [1.54, 1.807) is 25.3 Å². The zero-order chi connectivity index (χ0) is 25.7. The van der Waals surface area contributed by atoms with E-state index >= 15 is 0 Å². The highest BCUT2D eigenvalue weighted by Crippen LogP contribution is 2.38. The molecule has 0 spiro atoms. The molecule has 1 atom stereocenters. The summed E-state index contributed by atoms with van der Waals surface area (Å²) in [5.74, 6) is -2.39. The van der Waals surface area contributed by atoms with E-state index in [1.165, 1.54) is 27.6 Å². The Kier molecular flexibility index (Phi) is 7.77. The largest absolute Gasteiger partial charge is 0.478 e. The van der Waals surface area contributed by atoms with Crippen molar-refractivity contribution in [1.82, 2.24) is 15.0 Å². The summed E-state index contributed by atoms with van der Waals surface area (Å²) in [6, 6.07) is 11.9. The molecule has 36 heavy (non-hydrogen) atoms. The number of nitrogens with one attached hydrogen (secondary N) is 1. The first-order valence-electron chi connectivity index (χ1n) is 11.4. The summed E-state index contributed by atoms with van der Waals surface area (Å²) in [5.41, 5.74) is 2.59. The molecule has 1 amide bonds. The predicted octanol–water partition coefficient (Wildman–Crippen LogP) is 3.77. The number of esters is 1. The molecule has 2 aromatic heterocycles. The number of carbonyl (C=O) groups is 3. The monoisotopic (exact) mass is 506 g/mol. The van der Waals surface area contributed by atoms with Crippen molar-refractivity contribution in [3.8, 4) is 0 Å². The number of ether oxygens (including phenoxy) is 1. The molecule has 0 fully saturated rings. The van der Waals surface area contributed by atoms with Gasteiger partial charge in [-0.1, -0.05) is 30.3 Å². The number of carboxylic acid groups (broad SMARTS) is 1. The fraction of sp³-hybridized carbons (Fsp3) is 0.231. The number of pyridine rings is 1. The average molecular weight is 507 g/mol. The van der Waals surface area contributed by atoms with E-state index < -0.39 is 23.9 Å². The quantitative estimate of drug-likeness (QED) is 0.422. The van der Waals surface area contributed by atoms with Crippen molar-refractivity contribution < 1.29 is 24.2 Å². The third kappa shape index (κ3) is 5.29. The fourth-order valence-corrected chi connectivity index (χ4v) is 4.73. The van der Waals surface area contributed by atoms with Crippen LogP contribution in [0.2, 0.25) is 0 Å². The third-order valence-corrected chi connectivity index (χ3v) is 6.52. The molecule has 3 heterocycles. The van der Waals surface area contributed by atoms with Crippen molar-refractivity contribution in [1.29, 1.82) is 0 Å². The normalized spacial score (nSPS) is 16.2. The van der Waals surface area contributed by atoms with Gasteiger partial charge in [0.05, 0.1) is 23.5 Å². The summed E-state index contributed by atoms with van der Waals surface area (Å²) in [6.45, 7) is 3.59. The summed E-state index contributed by atoms with van der Waals surface area (Å²) in [4.78, 5) is 43.2. The van der Waals surface area contributed by atoms with Gasteiger partial charge in [0.15, 0.2) is 0 Å². The summed E-state index contributed by atoms with van der Waals surface area (Å²) in [6.07, 6.45) is 3.16. The number of anilines is 1. The summed E-state index contributed by atoms with van der Waals surface area (Å²) >= 11 is 1.40. The van der Waals surface area contributed by atoms with E-state index in [-0.39, 0.29) is 31.0 Å². The molecule has 10 heteroatoms. The van der Waals surface area contributed by atoms with Gasteiger partial charge in [0.2, 0.25) is 0 Å². The maximum atomic E-state index is 13.6. The Hall–Kier alpha value is -4.02. The lowest BCUT2D eigenvalue weighted by molar-refractivity contribution is -0.165. The molecule has 0 aliphatic carbocycles.